The third kappa shape index (κ3) is 4.89. The Kier molecular flexibility index (Phi) is 6.86. The summed E-state index contributed by atoms with van der Waals surface area (Å²) in [5.74, 6) is 1.30. The van der Waals surface area contributed by atoms with Crippen LogP contribution in [0.2, 0.25) is 0 Å². The number of para-hydroxylation sites is 1. The highest BCUT2D eigenvalue weighted by Gasteiger charge is 2.27. The van der Waals surface area contributed by atoms with E-state index in [0.29, 0.717) is 36.0 Å². The predicted molar refractivity (Wildman–Crippen MR) is 146 cm³/mol. The summed E-state index contributed by atoms with van der Waals surface area (Å²) in [5.41, 5.74) is 6.46. The van der Waals surface area contributed by atoms with Crippen molar-refractivity contribution in [1.82, 2.24) is 14.7 Å². The fourth-order valence-corrected chi connectivity index (χ4v) is 4.79. The third-order valence-corrected chi connectivity index (χ3v) is 6.91. The van der Waals surface area contributed by atoms with Crippen LogP contribution in [0.15, 0.2) is 72.8 Å². The number of hydrogen-bond donors (Lipinski definition) is 0. The molecule has 37 heavy (non-hydrogen) atoms. The Balaban J connectivity index is 1.47. The van der Waals surface area contributed by atoms with Crippen molar-refractivity contribution in [2.24, 2.45) is 0 Å². The summed E-state index contributed by atoms with van der Waals surface area (Å²) in [6, 6.07) is 23.9. The number of amides is 1. The van der Waals surface area contributed by atoms with E-state index in [2.05, 4.69) is 36.1 Å². The normalized spacial score (nSPS) is 13.5. The smallest absolute Gasteiger partial charge is 0.272 e. The second-order valence-corrected chi connectivity index (χ2v) is 9.29. The molecule has 190 valence electrons. The lowest BCUT2D eigenvalue weighted by molar-refractivity contribution is 0.0737. The summed E-state index contributed by atoms with van der Waals surface area (Å²) < 4.78 is 12.7. The Labute approximate surface area is 217 Å². The number of aromatic nitrogens is 2. The molecule has 0 radical (unpaired) electrons. The van der Waals surface area contributed by atoms with Crippen molar-refractivity contribution in [3.8, 4) is 28.4 Å². The average Bonchev–Trinajstić information content (AvgIpc) is 3.38. The van der Waals surface area contributed by atoms with Crippen LogP contribution in [-0.2, 0) is 0 Å². The van der Waals surface area contributed by atoms with Gasteiger partial charge in [0.05, 0.1) is 25.6 Å². The van der Waals surface area contributed by atoms with E-state index in [1.807, 2.05) is 60.4 Å². The highest BCUT2D eigenvalue weighted by Crippen LogP contribution is 2.34. The number of ether oxygens (including phenoxy) is 2. The van der Waals surface area contributed by atoms with Gasteiger partial charge in [-0.3, -0.25) is 4.79 Å². The van der Waals surface area contributed by atoms with Crippen molar-refractivity contribution in [3.05, 3.63) is 89.6 Å². The Bertz CT molecular complexity index is 1400. The Morgan fingerprint density at radius 3 is 2.24 bits per heavy atom. The standard InChI is InChI=1S/C30H32N4O3/c1-21-9-11-23(12-10-21)34-28(20-26(31-34)25-14-13-24(36-3)19-29(25)37-4)30(35)33-17-15-32(16-18-33)27-8-6-5-7-22(27)2/h5-14,19-20H,15-18H2,1-4H3. The highest BCUT2D eigenvalue weighted by atomic mass is 16.5. The quantitative estimate of drug-likeness (QED) is 0.370. The van der Waals surface area contributed by atoms with Gasteiger partial charge in [0.25, 0.3) is 5.91 Å². The zero-order valence-electron chi connectivity index (χ0n) is 21.8. The van der Waals surface area contributed by atoms with Crippen molar-refractivity contribution < 1.29 is 14.3 Å². The van der Waals surface area contributed by atoms with Gasteiger partial charge in [-0.2, -0.15) is 5.10 Å². The Morgan fingerprint density at radius 1 is 0.838 bits per heavy atom. The summed E-state index contributed by atoms with van der Waals surface area (Å²) in [7, 11) is 3.24. The molecule has 0 spiro atoms. The zero-order valence-corrected chi connectivity index (χ0v) is 21.8. The molecule has 1 amide bonds. The van der Waals surface area contributed by atoms with Gasteiger partial charge in [0.1, 0.15) is 17.2 Å². The van der Waals surface area contributed by atoms with E-state index >= 15 is 0 Å². The SMILES string of the molecule is COc1ccc(-c2cc(C(=O)N3CCN(c4ccccc4C)CC3)n(-c3ccc(C)cc3)n2)c(OC)c1. The molecule has 0 atom stereocenters. The minimum Gasteiger partial charge on any atom is -0.497 e. The van der Waals surface area contributed by atoms with Crippen LogP contribution in [0.1, 0.15) is 21.6 Å². The summed E-state index contributed by atoms with van der Waals surface area (Å²) in [5, 5.41) is 4.87. The number of hydrogen-bond acceptors (Lipinski definition) is 5. The van der Waals surface area contributed by atoms with Gasteiger partial charge in [0.15, 0.2) is 0 Å². The van der Waals surface area contributed by atoms with Gasteiger partial charge >= 0.3 is 0 Å². The van der Waals surface area contributed by atoms with Gasteiger partial charge in [0.2, 0.25) is 0 Å². The van der Waals surface area contributed by atoms with E-state index in [4.69, 9.17) is 14.6 Å². The van der Waals surface area contributed by atoms with E-state index in [-0.39, 0.29) is 5.91 Å². The maximum Gasteiger partial charge on any atom is 0.272 e. The van der Waals surface area contributed by atoms with Crippen molar-refractivity contribution in [3.63, 3.8) is 0 Å². The molecule has 1 aliphatic rings. The number of anilines is 1. The van der Waals surface area contributed by atoms with Crippen LogP contribution in [0.4, 0.5) is 5.69 Å². The molecule has 7 nitrogen and oxygen atoms in total. The maximum atomic E-state index is 13.9. The first-order valence-electron chi connectivity index (χ1n) is 12.5. The lowest BCUT2D eigenvalue weighted by Gasteiger charge is -2.36. The van der Waals surface area contributed by atoms with Crippen molar-refractivity contribution in [2.45, 2.75) is 13.8 Å². The average molecular weight is 497 g/mol. The van der Waals surface area contributed by atoms with Crippen molar-refractivity contribution in [1.29, 1.82) is 0 Å². The molecular weight excluding hydrogens is 464 g/mol. The van der Waals surface area contributed by atoms with Crippen LogP contribution in [0.5, 0.6) is 11.5 Å². The number of piperazine rings is 1. The van der Waals surface area contributed by atoms with E-state index in [1.165, 1.54) is 11.3 Å². The molecule has 0 saturated carbocycles. The number of aryl methyl sites for hydroxylation is 2. The molecule has 3 aromatic carbocycles. The first-order valence-corrected chi connectivity index (χ1v) is 12.5. The summed E-state index contributed by atoms with van der Waals surface area (Å²) in [4.78, 5) is 18.1. The van der Waals surface area contributed by atoms with Gasteiger partial charge in [-0.1, -0.05) is 35.9 Å². The Hall–Kier alpha value is -4.26. The van der Waals surface area contributed by atoms with Gasteiger partial charge in [-0.15, -0.1) is 0 Å². The molecule has 0 aliphatic carbocycles. The van der Waals surface area contributed by atoms with Crippen LogP contribution in [0.25, 0.3) is 16.9 Å². The highest BCUT2D eigenvalue weighted by molar-refractivity contribution is 5.95. The van der Waals surface area contributed by atoms with Gasteiger partial charge < -0.3 is 19.3 Å². The molecule has 0 bridgehead atoms. The molecule has 5 rings (SSSR count). The van der Waals surface area contributed by atoms with E-state index in [0.717, 1.165) is 29.9 Å². The van der Waals surface area contributed by atoms with E-state index in [1.54, 1.807) is 18.9 Å². The number of carbonyl (C=O) groups is 1. The molecule has 2 heterocycles. The van der Waals surface area contributed by atoms with Crippen LogP contribution >= 0.6 is 0 Å². The van der Waals surface area contributed by atoms with E-state index in [9.17, 15) is 4.79 Å². The number of rotatable bonds is 6. The van der Waals surface area contributed by atoms with Crippen LogP contribution < -0.4 is 14.4 Å². The fourth-order valence-electron chi connectivity index (χ4n) is 4.79. The van der Waals surface area contributed by atoms with Crippen LogP contribution in [-0.4, -0.2) is 61.0 Å². The lowest BCUT2D eigenvalue weighted by atomic mass is 10.1. The molecule has 0 unspecified atom stereocenters. The fraction of sp³-hybridized carbons (Fsp3) is 0.267. The van der Waals surface area contributed by atoms with Crippen LogP contribution in [0, 0.1) is 13.8 Å². The maximum absolute atomic E-state index is 13.9. The second kappa shape index (κ2) is 10.4. The molecule has 1 aliphatic heterocycles. The van der Waals surface area contributed by atoms with Gasteiger partial charge in [-0.25, -0.2) is 4.68 Å². The van der Waals surface area contributed by atoms with Gasteiger partial charge in [0, 0.05) is 43.5 Å². The topological polar surface area (TPSA) is 59.8 Å². The lowest BCUT2D eigenvalue weighted by Crippen LogP contribution is -2.49. The Morgan fingerprint density at radius 2 is 1.57 bits per heavy atom. The molecule has 7 heteroatoms. The number of benzene rings is 3. The minimum atomic E-state index is -0.0313. The first kappa shape index (κ1) is 24.4. The van der Waals surface area contributed by atoms with Gasteiger partial charge in [-0.05, 0) is 55.8 Å². The van der Waals surface area contributed by atoms with Crippen molar-refractivity contribution in [2.75, 3.05) is 45.3 Å². The van der Waals surface area contributed by atoms with Crippen molar-refractivity contribution >= 4 is 11.6 Å². The number of nitrogens with zero attached hydrogens (tertiary/aromatic N) is 4. The largest absolute Gasteiger partial charge is 0.497 e. The minimum absolute atomic E-state index is 0.0313. The van der Waals surface area contributed by atoms with E-state index < -0.39 is 0 Å². The predicted octanol–water partition coefficient (Wildman–Crippen LogP) is 5.14. The number of carbonyl (C=O) groups excluding carboxylic acids is 1. The second-order valence-electron chi connectivity index (χ2n) is 9.29. The molecule has 4 aromatic rings. The molecular formula is C30H32N4O3. The molecule has 1 fully saturated rings. The summed E-state index contributed by atoms with van der Waals surface area (Å²) in [6.07, 6.45) is 0. The first-order chi connectivity index (χ1) is 18.0. The summed E-state index contributed by atoms with van der Waals surface area (Å²) in [6.45, 7) is 7.03. The monoisotopic (exact) mass is 496 g/mol. The third-order valence-electron chi connectivity index (χ3n) is 6.91. The molecule has 0 N–H and O–H groups in total. The number of methoxy groups -OCH3 is 2. The molecule has 1 aromatic heterocycles. The van der Waals surface area contributed by atoms with Crippen LogP contribution in [0.3, 0.4) is 0 Å². The zero-order chi connectivity index (χ0) is 25.9. The molecule has 1 saturated heterocycles. The summed E-state index contributed by atoms with van der Waals surface area (Å²) >= 11 is 0.